The van der Waals surface area contributed by atoms with Crippen molar-refractivity contribution in [2.75, 3.05) is 40.9 Å². The van der Waals surface area contributed by atoms with E-state index in [-0.39, 0.29) is 25.0 Å². The molecule has 3 N–H and O–H groups in total. The smallest absolute Gasteiger partial charge is 0.268 e. The Hall–Kier alpha value is -1.84. The summed E-state index contributed by atoms with van der Waals surface area (Å²) in [7, 11) is 1.19. The van der Waals surface area contributed by atoms with Crippen LogP contribution in [0.15, 0.2) is 60.8 Å². The lowest BCUT2D eigenvalue weighted by atomic mass is 10.0. The maximum Gasteiger partial charge on any atom is 0.268 e. The minimum absolute atomic E-state index is 0.0205. The van der Waals surface area contributed by atoms with E-state index in [0.29, 0.717) is 23.9 Å². The quantitative estimate of drug-likeness (QED) is 0.0248. The van der Waals surface area contributed by atoms with Crippen LogP contribution in [0.3, 0.4) is 0 Å². The predicted molar refractivity (Wildman–Crippen MR) is 225 cm³/mol. The number of carbonyl (C=O) groups is 1. The average Bonchev–Trinajstić information content (AvgIpc) is 3.11. The van der Waals surface area contributed by atoms with Gasteiger partial charge in [-0.15, -0.1) is 0 Å². The fraction of sp³-hybridized carbons (Fsp3) is 0.750. The largest absolute Gasteiger partial charge is 0.756 e. The molecule has 10 heteroatoms. The number of allylic oxidation sites excluding steroid dienone is 8. The Bertz CT molecular complexity index is 1080. The number of carbonyl (C=O) groups excluding carboxylic acids is 1. The Kier molecular flexibility index (Phi) is 34.4. The Labute approximate surface area is 331 Å². The van der Waals surface area contributed by atoms with Gasteiger partial charge in [-0.25, -0.2) is 0 Å². The summed E-state index contributed by atoms with van der Waals surface area (Å²) < 4.78 is 23.1. The molecule has 0 aliphatic rings. The summed E-state index contributed by atoms with van der Waals surface area (Å²) in [6.45, 7) is 4.37. The van der Waals surface area contributed by atoms with Crippen LogP contribution in [-0.2, 0) is 18.4 Å². The third-order valence-corrected chi connectivity index (χ3v) is 9.99. The lowest BCUT2D eigenvalue weighted by Gasteiger charge is -2.29. The monoisotopic (exact) mass is 781 g/mol. The van der Waals surface area contributed by atoms with Crippen LogP contribution in [0.1, 0.15) is 155 Å². The average molecular weight is 781 g/mol. The highest BCUT2D eigenvalue weighted by Crippen LogP contribution is 2.38. The molecule has 0 bridgehead atoms. The van der Waals surface area contributed by atoms with Gasteiger partial charge in [0.05, 0.1) is 46.0 Å². The molecular weight excluding hydrogens is 699 g/mol. The van der Waals surface area contributed by atoms with Crippen molar-refractivity contribution in [2.45, 2.75) is 173 Å². The van der Waals surface area contributed by atoms with Gasteiger partial charge >= 0.3 is 0 Å². The number of hydrogen-bond acceptors (Lipinski definition) is 7. The van der Waals surface area contributed by atoms with Crippen LogP contribution in [0.5, 0.6) is 0 Å². The number of aliphatic hydroxyl groups is 2. The number of nitrogens with one attached hydrogen (secondary N) is 1. The number of quaternary nitrogens is 1. The molecule has 0 spiro atoms. The molecule has 0 saturated carbocycles. The van der Waals surface area contributed by atoms with Crippen molar-refractivity contribution in [1.82, 2.24) is 5.32 Å². The third-order valence-electron chi connectivity index (χ3n) is 9.03. The minimum atomic E-state index is -4.61. The third kappa shape index (κ3) is 37.1. The molecule has 1 amide bonds. The molecular formula is C44H81N2O7P. The van der Waals surface area contributed by atoms with Crippen molar-refractivity contribution < 1.29 is 38.0 Å². The summed E-state index contributed by atoms with van der Waals surface area (Å²) in [4.78, 5) is 25.2. The number of aliphatic hydroxyl groups excluding tert-OH is 2. The van der Waals surface area contributed by atoms with Gasteiger partial charge in [0.25, 0.3) is 7.82 Å². The van der Waals surface area contributed by atoms with E-state index < -0.39 is 26.6 Å². The molecule has 0 saturated heterocycles. The first-order valence-corrected chi connectivity index (χ1v) is 22.7. The van der Waals surface area contributed by atoms with Crippen molar-refractivity contribution in [3.63, 3.8) is 0 Å². The molecule has 0 fully saturated rings. The Morgan fingerprint density at radius 1 is 0.704 bits per heavy atom. The van der Waals surface area contributed by atoms with Gasteiger partial charge < -0.3 is 34.0 Å². The van der Waals surface area contributed by atoms with Gasteiger partial charge in [0.15, 0.2) is 0 Å². The second-order valence-corrected chi connectivity index (χ2v) is 16.9. The summed E-state index contributed by atoms with van der Waals surface area (Å²) in [5.41, 5.74) is 0. The molecule has 0 aromatic heterocycles. The first-order valence-electron chi connectivity index (χ1n) is 21.2. The fourth-order valence-corrected chi connectivity index (χ4v) is 6.35. The number of nitrogens with zero attached hydrogens (tertiary/aromatic N) is 1. The molecule has 0 aromatic rings. The maximum absolute atomic E-state index is 12.8. The molecule has 4 atom stereocenters. The van der Waals surface area contributed by atoms with Crippen LogP contribution in [0.2, 0.25) is 0 Å². The highest BCUT2D eigenvalue weighted by Gasteiger charge is 2.23. The number of amides is 1. The van der Waals surface area contributed by atoms with Gasteiger partial charge in [0.1, 0.15) is 13.2 Å². The van der Waals surface area contributed by atoms with Gasteiger partial charge in [0, 0.05) is 6.42 Å². The predicted octanol–water partition coefficient (Wildman–Crippen LogP) is 9.80. The fourth-order valence-electron chi connectivity index (χ4n) is 5.63. The van der Waals surface area contributed by atoms with Gasteiger partial charge in [-0.2, -0.15) is 0 Å². The summed E-state index contributed by atoms with van der Waals surface area (Å²) >= 11 is 0. The lowest BCUT2D eigenvalue weighted by molar-refractivity contribution is -0.870. The number of unbranched alkanes of at least 4 members (excludes halogenated alkanes) is 13. The summed E-state index contributed by atoms with van der Waals surface area (Å²) in [5, 5.41) is 23.4. The first-order chi connectivity index (χ1) is 25.9. The van der Waals surface area contributed by atoms with E-state index in [2.05, 4.69) is 61.7 Å². The van der Waals surface area contributed by atoms with Crippen LogP contribution >= 0.6 is 7.82 Å². The van der Waals surface area contributed by atoms with E-state index in [1.165, 1.54) is 64.2 Å². The molecule has 0 aromatic carbocycles. The number of rotatable bonds is 37. The Morgan fingerprint density at radius 2 is 1.22 bits per heavy atom. The second kappa shape index (κ2) is 35.6. The minimum Gasteiger partial charge on any atom is -0.756 e. The molecule has 0 rings (SSSR count). The SMILES string of the molecule is CCCCCCCCCCCCCC/C=C/[C@@H](O)[C@H](COP(=O)([O-])OCC[N+](C)(C)C)NC(=O)CCC/C=C\C/C=C\C/C=C\C/C=C\CC(O)CCC. The number of phosphoric ester groups is 1. The summed E-state index contributed by atoms with van der Waals surface area (Å²) in [6.07, 6.45) is 41.8. The molecule has 9 nitrogen and oxygen atoms in total. The maximum atomic E-state index is 12.8. The number of hydrogen-bond donors (Lipinski definition) is 3. The van der Waals surface area contributed by atoms with Crippen molar-refractivity contribution in [1.29, 1.82) is 0 Å². The zero-order valence-electron chi connectivity index (χ0n) is 35.0. The molecule has 0 heterocycles. The number of likely N-dealkylation sites (N-methyl/N-ethyl adjacent to an activating group) is 1. The van der Waals surface area contributed by atoms with Crippen molar-refractivity contribution >= 4 is 13.7 Å². The highest BCUT2D eigenvalue weighted by atomic mass is 31.2. The highest BCUT2D eigenvalue weighted by molar-refractivity contribution is 7.45. The van der Waals surface area contributed by atoms with Crippen molar-refractivity contribution in [2.24, 2.45) is 0 Å². The molecule has 0 aliphatic heterocycles. The first kappa shape index (κ1) is 52.2. The lowest BCUT2D eigenvalue weighted by Crippen LogP contribution is -2.45. The van der Waals surface area contributed by atoms with Crippen LogP contribution in [0, 0.1) is 0 Å². The van der Waals surface area contributed by atoms with Crippen molar-refractivity contribution in [3.8, 4) is 0 Å². The van der Waals surface area contributed by atoms with E-state index in [0.717, 1.165) is 57.8 Å². The van der Waals surface area contributed by atoms with Gasteiger partial charge in [-0.1, -0.05) is 152 Å². The molecule has 2 unspecified atom stereocenters. The van der Waals surface area contributed by atoms with E-state index >= 15 is 0 Å². The molecule has 314 valence electrons. The van der Waals surface area contributed by atoms with Crippen LogP contribution < -0.4 is 10.2 Å². The summed E-state index contributed by atoms with van der Waals surface area (Å²) in [6, 6.07) is -0.926. The van der Waals surface area contributed by atoms with E-state index in [1.54, 1.807) is 6.08 Å². The molecule has 0 radical (unpaired) electrons. The van der Waals surface area contributed by atoms with E-state index in [9.17, 15) is 24.5 Å². The van der Waals surface area contributed by atoms with E-state index in [4.69, 9.17) is 9.05 Å². The zero-order chi connectivity index (χ0) is 40.2. The second-order valence-electron chi connectivity index (χ2n) is 15.5. The van der Waals surface area contributed by atoms with Crippen LogP contribution in [-0.4, -0.2) is 79.8 Å². The number of phosphoric acid groups is 1. The van der Waals surface area contributed by atoms with Crippen LogP contribution in [0.4, 0.5) is 0 Å². The normalized spacial score (nSPS) is 15.6. The standard InChI is InChI=1S/C44H81N2O7P/c1-6-8-9-10-11-12-13-14-17-20-23-26-29-32-36-43(48)42(40-53-54(50,51)52-39-38-46(3,4)5)45-44(49)37-33-30-27-24-21-18-15-16-19-22-25-28-31-35-41(47)34-7-2/h15,18-19,22,24,27-28,31-32,36,41-43,47-48H,6-14,16-17,20-21,23,25-26,29-30,33-35,37-40H2,1-5H3,(H-,45,49,50,51)/b18-15-,22-19-,27-24-,31-28-,36-32+/t41?,42-,43+/m0/s1. The topological polar surface area (TPSA) is 128 Å². The van der Waals surface area contributed by atoms with Gasteiger partial charge in [-0.3, -0.25) is 9.36 Å². The van der Waals surface area contributed by atoms with Gasteiger partial charge in [0.2, 0.25) is 5.91 Å². The zero-order valence-corrected chi connectivity index (χ0v) is 35.9. The molecule has 0 aliphatic carbocycles. The molecule has 54 heavy (non-hydrogen) atoms. The summed E-state index contributed by atoms with van der Waals surface area (Å²) in [5.74, 6) is -0.268. The van der Waals surface area contributed by atoms with Crippen molar-refractivity contribution in [3.05, 3.63) is 60.8 Å². The Morgan fingerprint density at radius 3 is 1.78 bits per heavy atom. The Balaban J connectivity index is 4.60. The van der Waals surface area contributed by atoms with Crippen LogP contribution in [0.25, 0.3) is 0 Å². The van der Waals surface area contributed by atoms with E-state index in [1.807, 2.05) is 33.3 Å². The van der Waals surface area contributed by atoms with Gasteiger partial charge in [-0.05, 0) is 57.8 Å².